The highest BCUT2D eigenvalue weighted by atomic mass is 16.5. The van der Waals surface area contributed by atoms with Crippen LogP contribution in [0.5, 0.6) is 11.5 Å². The Kier molecular flexibility index (Phi) is 5.07. The lowest BCUT2D eigenvalue weighted by Gasteiger charge is -2.18. The normalized spacial score (nSPS) is 12.3. The molecule has 1 aliphatic rings. The Hall–Kier alpha value is -3.93. The topological polar surface area (TPSA) is 81.7 Å². The van der Waals surface area contributed by atoms with Gasteiger partial charge in [0.15, 0.2) is 24.8 Å². The van der Waals surface area contributed by atoms with Crippen molar-refractivity contribution in [3.63, 3.8) is 0 Å². The summed E-state index contributed by atoms with van der Waals surface area (Å²) in [6.07, 6.45) is 0. The van der Waals surface area contributed by atoms with Gasteiger partial charge in [-0.25, -0.2) is 0 Å². The minimum absolute atomic E-state index is 0.0355. The number of hydrogen-bond donors (Lipinski definition) is 1. The second kappa shape index (κ2) is 7.98. The van der Waals surface area contributed by atoms with Crippen LogP contribution in [0.2, 0.25) is 0 Å². The largest absolute Gasteiger partial charge is 0.485 e. The molecule has 0 aliphatic carbocycles. The standard InChI is InChI=1S/C23H17NO5/c25-20(17-8-11-21-19(12-17)24-22(26)14-29-21)13-28-18-9-6-16(7-10-18)23(27)15-4-2-1-3-5-15/h1-12H,13-14H2,(H,24,26). The first-order chi connectivity index (χ1) is 14.1. The number of benzene rings is 3. The predicted octanol–water partition coefficient (Wildman–Crippen LogP) is 3.51. The Balaban J connectivity index is 1.39. The van der Waals surface area contributed by atoms with Gasteiger partial charge in [0.1, 0.15) is 11.5 Å². The lowest BCUT2D eigenvalue weighted by Crippen LogP contribution is -2.25. The molecule has 6 nitrogen and oxygen atoms in total. The van der Waals surface area contributed by atoms with Gasteiger partial charge in [0.25, 0.3) is 5.91 Å². The summed E-state index contributed by atoms with van der Waals surface area (Å²) in [5.74, 6) is 0.436. The summed E-state index contributed by atoms with van der Waals surface area (Å²) in [6.45, 7) is -0.203. The fourth-order valence-corrected chi connectivity index (χ4v) is 2.95. The van der Waals surface area contributed by atoms with Crippen LogP contribution in [0.15, 0.2) is 72.8 Å². The molecular formula is C23H17NO5. The summed E-state index contributed by atoms with van der Waals surface area (Å²) < 4.78 is 10.8. The molecule has 0 bridgehead atoms. The van der Waals surface area contributed by atoms with E-state index in [2.05, 4.69) is 5.32 Å². The molecule has 3 aromatic rings. The number of carbonyl (C=O) groups is 3. The number of nitrogens with one attached hydrogen (secondary N) is 1. The highest BCUT2D eigenvalue weighted by Crippen LogP contribution is 2.28. The molecule has 0 unspecified atom stereocenters. The van der Waals surface area contributed by atoms with E-state index in [-0.39, 0.29) is 30.7 Å². The molecule has 0 aromatic heterocycles. The van der Waals surface area contributed by atoms with Crippen molar-refractivity contribution in [2.75, 3.05) is 18.5 Å². The van der Waals surface area contributed by atoms with Crippen LogP contribution >= 0.6 is 0 Å². The maximum atomic E-state index is 12.4. The second-order valence-corrected chi connectivity index (χ2v) is 6.48. The maximum Gasteiger partial charge on any atom is 0.262 e. The third-order valence-electron chi connectivity index (χ3n) is 4.46. The van der Waals surface area contributed by atoms with Gasteiger partial charge >= 0.3 is 0 Å². The molecule has 4 rings (SSSR count). The predicted molar refractivity (Wildman–Crippen MR) is 107 cm³/mol. The molecule has 0 saturated heterocycles. The number of amides is 1. The lowest BCUT2D eigenvalue weighted by atomic mass is 10.0. The number of ketones is 2. The number of anilines is 1. The molecule has 0 atom stereocenters. The van der Waals surface area contributed by atoms with Crippen molar-refractivity contribution in [3.8, 4) is 11.5 Å². The Bertz CT molecular complexity index is 1070. The zero-order valence-electron chi connectivity index (χ0n) is 15.4. The Morgan fingerprint density at radius 3 is 2.34 bits per heavy atom. The molecule has 1 amide bonds. The van der Waals surface area contributed by atoms with Crippen LogP contribution < -0.4 is 14.8 Å². The van der Waals surface area contributed by atoms with E-state index in [9.17, 15) is 14.4 Å². The van der Waals surface area contributed by atoms with Crippen molar-refractivity contribution in [1.82, 2.24) is 0 Å². The molecule has 0 saturated carbocycles. The molecule has 0 radical (unpaired) electrons. The number of Topliss-reactive ketones (excluding diaryl/α,β-unsaturated/α-hetero) is 1. The van der Waals surface area contributed by atoms with Gasteiger partial charge in [-0.15, -0.1) is 0 Å². The first kappa shape index (κ1) is 18.4. The minimum Gasteiger partial charge on any atom is -0.485 e. The molecule has 144 valence electrons. The molecule has 1 heterocycles. The van der Waals surface area contributed by atoms with Crippen LogP contribution in [0.4, 0.5) is 5.69 Å². The van der Waals surface area contributed by atoms with Crippen LogP contribution in [-0.4, -0.2) is 30.7 Å². The summed E-state index contributed by atoms with van der Waals surface area (Å²) in [5.41, 5.74) is 2.03. The summed E-state index contributed by atoms with van der Waals surface area (Å²) in [6, 6.07) is 20.5. The minimum atomic E-state index is -0.261. The average molecular weight is 387 g/mol. The fraction of sp³-hybridized carbons (Fsp3) is 0.0870. The van der Waals surface area contributed by atoms with Gasteiger partial charge in [-0.3, -0.25) is 14.4 Å². The third-order valence-corrected chi connectivity index (χ3v) is 4.46. The molecular weight excluding hydrogens is 370 g/mol. The van der Waals surface area contributed by atoms with Crippen LogP contribution in [0.3, 0.4) is 0 Å². The zero-order valence-corrected chi connectivity index (χ0v) is 15.4. The molecule has 6 heteroatoms. The highest BCUT2D eigenvalue weighted by molar-refractivity contribution is 6.09. The van der Waals surface area contributed by atoms with Crippen molar-refractivity contribution in [1.29, 1.82) is 0 Å². The summed E-state index contributed by atoms with van der Waals surface area (Å²) in [4.78, 5) is 36.2. The van der Waals surface area contributed by atoms with Crippen LogP contribution in [0, 0.1) is 0 Å². The van der Waals surface area contributed by atoms with Gasteiger partial charge in [-0.05, 0) is 42.5 Å². The van der Waals surface area contributed by atoms with Crippen molar-refractivity contribution < 1.29 is 23.9 Å². The van der Waals surface area contributed by atoms with Crippen LogP contribution in [0.25, 0.3) is 0 Å². The van der Waals surface area contributed by atoms with Gasteiger partial charge in [0, 0.05) is 16.7 Å². The maximum absolute atomic E-state index is 12.4. The van der Waals surface area contributed by atoms with Crippen molar-refractivity contribution >= 4 is 23.2 Å². The lowest BCUT2D eigenvalue weighted by molar-refractivity contribution is -0.118. The zero-order chi connectivity index (χ0) is 20.2. The second-order valence-electron chi connectivity index (χ2n) is 6.48. The van der Waals surface area contributed by atoms with E-state index in [0.29, 0.717) is 33.9 Å². The SMILES string of the molecule is O=C1COc2ccc(C(=O)COc3ccc(C(=O)c4ccccc4)cc3)cc2N1. The third kappa shape index (κ3) is 4.16. The monoisotopic (exact) mass is 387 g/mol. The first-order valence-corrected chi connectivity index (χ1v) is 9.03. The van der Waals surface area contributed by atoms with Crippen LogP contribution in [0.1, 0.15) is 26.3 Å². The van der Waals surface area contributed by atoms with Crippen LogP contribution in [-0.2, 0) is 4.79 Å². The first-order valence-electron chi connectivity index (χ1n) is 9.03. The average Bonchev–Trinajstić information content (AvgIpc) is 2.77. The molecule has 29 heavy (non-hydrogen) atoms. The Morgan fingerprint density at radius 1 is 0.897 bits per heavy atom. The molecule has 1 aliphatic heterocycles. The van der Waals surface area contributed by atoms with Gasteiger partial charge in [0.05, 0.1) is 5.69 Å². The molecule has 3 aromatic carbocycles. The van der Waals surface area contributed by atoms with Crippen molar-refractivity contribution in [2.45, 2.75) is 0 Å². The van der Waals surface area contributed by atoms with Gasteiger partial charge in [-0.1, -0.05) is 30.3 Å². The van der Waals surface area contributed by atoms with Crippen molar-refractivity contribution in [2.24, 2.45) is 0 Å². The van der Waals surface area contributed by atoms with E-state index in [1.54, 1.807) is 54.6 Å². The molecule has 0 spiro atoms. The summed E-state index contributed by atoms with van der Waals surface area (Å²) in [5, 5.41) is 2.67. The number of hydrogen-bond acceptors (Lipinski definition) is 5. The van der Waals surface area contributed by atoms with E-state index in [0.717, 1.165) is 0 Å². The van der Waals surface area contributed by atoms with E-state index in [1.165, 1.54) is 0 Å². The summed E-state index contributed by atoms with van der Waals surface area (Å²) >= 11 is 0. The van der Waals surface area contributed by atoms with E-state index in [1.807, 2.05) is 18.2 Å². The number of ether oxygens (including phenoxy) is 2. The highest BCUT2D eigenvalue weighted by Gasteiger charge is 2.18. The van der Waals surface area contributed by atoms with E-state index in [4.69, 9.17) is 9.47 Å². The van der Waals surface area contributed by atoms with Gasteiger partial charge in [-0.2, -0.15) is 0 Å². The quantitative estimate of drug-likeness (QED) is 0.655. The number of fused-ring (bicyclic) bond motifs is 1. The van der Waals surface area contributed by atoms with Crippen molar-refractivity contribution in [3.05, 3.63) is 89.5 Å². The fourth-order valence-electron chi connectivity index (χ4n) is 2.95. The molecule has 1 N–H and O–H groups in total. The van der Waals surface area contributed by atoms with E-state index < -0.39 is 0 Å². The molecule has 0 fully saturated rings. The number of rotatable bonds is 6. The smallest absolute Gasteiger partial charge is 0.262 e. The van der Waals surface area contributed by atoms with Gasteiger partial charge in [0.2, 0.25) is 0 Å². The Labute approximate surface area is 167 Å². The summed E-state index contributed by atoms with van der Waals surface area (Å²) in [7, 11) is 0. The Morgan fingerprint density at radius 2 is 1.59 bits per heavy atom. The van der Waals surface area contributed by atoms with E-state index >= 15 is 0 Å². The number of carbonyl (C=O) groups excluding carboxylic acids is 3. The van der Waals surface area contributed by atoms with Gasteiger partial charge < -0.3 is 14.8 Å².